The highest BCUT2D eigenvalue weighted by Gasteiger charge is 2.11. The molecule has 0 N–H and O–H groups in total. The van der Waals surface area contributed by atoms with Crippen LogP contribution in [0.2, 0.25) is 0 Å². The van der Waals surface area contributed by atoms with Crippen LogP contribution >= 0.6 is 0 Å². The number of rotatable bonds is 3. The van der Waals surface area contributed by atoms with Gasteiger partial charge in [0.05, 0.1) is 12.2 Å². The molecule has 88 valence electrons. The van der Waals surface area contributed by atoms with Gasteiger partial charge < -0.3 is 0 Å². The summed E-state index contributed by atoms with van der Waals surface area (Å²) in [6, 6.07) is 7.66. The van der Waals surface area contributed by atoms with E-state index in [2.05, 4.69) is 16.8 Å². The molecular weight excluding hydrogens is 217 g/mol. The van der Waals surface area contributed by atoms with Crippen LogP contribution in [0.5, 0.6) is 0 Å². The minimum Gasteiger partial charge on any atom is -0.293 e. The molecule has 1 aromatic carbocycles. The van der Waals surface area contributed by atoms with E-state index in [1.165, 1.54) is 10.9 Å². The fraction of sp³-hybridized carbons (Fsp3) is 0.231. The molecule has 0 unspecified atom stereocenters. The smallest absolute Gasteiger partial charge is 0.169 e. The molecule has 0 saturated heterocycles. The van der Waals surface area contributed by atoms with E-state index in [-0.39, 0.29) is 11.9 Å². The summed E-state index contributed by atoms with van der Waals surface area (Å²) in [7, 11) is 1.72. The number of aromatic nitrogens is 2. The highest BCUT2D eigenvalue weighted by molar-refractivity contribution is 5.60. The van der Waals surface area contributed by atoms with Gasteiger partial charge in [0.2, 0.25) is 0 Å². The van der Waals surface area contributed by atoms with Gasteiger partial charge in [-0.15, -0.1) is 0 Å². The van der Waals surface area contributed by atoms with Gasteiger partial charge in [0.25, 0.3) is 0 Å². The van der Waals surface area contributed by atoms with Gasteiger partial charge in [-0.1, -0.05) is 24.3 Å². The predicted octanol–water partition coefficient (Wildman–Crippen LogP) is 2.99. The zero-order valence-corrected chi connectivity index (χ0v) is 9.89. The van der Waals surface area contributed by atoms with E-state index in [1.807, 2.05) is 31.2 Å². The summed E-state index contributed by atoms with van der Waals surface area (Å²) in [5.74, 6) is -0.310. The Labute approximate surface area is 99.6 Å². The zero-order valence-electron chi connectivity index (χ0n) is 9.89. The van der Waals surface area contributed by atoms with Crippen molar-refractivity contribution in [3.8, 4) is 11.3 Å². The summed E-state index contributed by atoms with van der Waals surface area (Å²) in [5, 5.41) is 3.88. The molecule has 0 spiro atoms. The highest BCUT2D eigenvalue weighted by atomic mass is 19.1. The highest BCUT2D eigenvalue weighted by Crippen LogP contribution is 2.24. The lowest BCUT2D eigenvalue weighted by Crippen LogP contribution is -1.95. The Morgan fingerprint density at radius 2 is 2.00 bits per heavy atom. The van der Waals surface area contributed by atoms with Crippen LogP contribution in [0.4, 0.5) is 4.39 Å². The minimum absolute atomic E-state index is 0.0560. The Bertz CT molecular complexity index is 509. The summed E-state index contributed by atoms with van der Waals surface area (Å²) in [4.78, 5) is 3.94. The van der Waals surface area contributed by atoms with Crippen LogP contribution in [0.15, 0.2) is 35.5 Å². The molecule has 1 atom stereocenters. The van der Waals surface area contributed by atoms with Crippen molar-refractivity contribution in [2.45, 2.75) is 13.0 Å². The number of nitrogens with zero attached hydrogens (tertiary/aromatic N) is 3. The number of benzene rings is 1. The molecule has 0 radical (unpaired) electrons. The number of hydrogen-bond acceptors (Lipinski definition) is 2. The first-order chi connectivity index (χ1) is 8.13. The maximum absolute atomic E-state index is 13.5. The summed E-state index contributed by atoms with van der Waals surface area (Å²) < 4.78 is 15.0. The average Bonchev–Trinajstić information content (AvgIpc) is 2.68. The van der Waals surface area contributed by atoms with Crippen molar-refractivity contribution in [1.82, 2.24) is 9.78 Å². The molecule has 3 nitrogen and oxygen atoms in total. The maximum atomic E-state index is 13.5. The van der Waals surface area contributed by atoms with Crippen molar-refractivity contribution in [1.29, 1.82) is 0 Å². The molecule has 0 fully saturated rings. The van der Waals surface area contributed by atoms with Gasteiger partial charge in [0.1, 0.15) is 5.69 Å². The number of aryl methyl sites for hydroxylation is 1. The van der Waals surface area contributed by atoms with Crippen molar-refractivity contribution in [2.75, 3.05) is 0 Å². The van der Waals surface area contributed by atoms with Gasteiger partial charge in [0.15, 0.2) is 5.82 Å². The van der Waals surface area contributed by atoms with Crippen LogP contribution in [0, 0.1) is 5.82 Å². The van der Waals surface area contributed by atoms with Crippen molar-refractivity contribution >= 4 is 6.72 Å². The lowest BCUT2D eigenvalue weighted by atomic mass is 10.0. The molecule has 0 saturated carbocycles. The van der Waals surface area contributed by atoms with E-state index < -0.39 is 0 Å². The molecule has 1 heterocycles. The molecule has 0 bridgehead atoms. The van der Waals surface area contributed by atoms with Crippen LogP contribution in [0.25, 0.3) is 11.3 Å². The lowest BCUT2D eigenvalue weighted by Gasteiger charge is -2.07. The molecule has 4 heteroatoms. The second kappa shape index (κ2) is 4.49. The number of hydrogen-bond donors (Lipinski definition) is 0. The third kappa shape index (κ3) is 2.11. The fourth-order valence-electron chi connectivity index (χ4n) is 1.76. The molecule has 2 rings (SSSR count). The van der Waals surface area contributed by atoms with E-state index in [1.54, 1.807) is 7.05 Å². The van der Waals surface area contributed by atoms with Crippen LogP contribution in [0.3, 0.4) is 0 Å². The maximum Gasteiger partial charge on any atom is 0.169 e. The number of aliphatic imine (C=N–C) groups is 1. The molecule has 0 aliphatic heterocycles. The predicted molar refractivity (Wildman–Crippen MR) is 66.6 cm³/mol. The molecule has 0 aliphatic carbocycles. The Morgan fingerprint density at radius 1 is 1.35 bits per heavy atom. The van der Waals surface area contributed by atoms with E-state index in [9.17, 15) is 4.39 Å². The van der Waals surface area contributed by atoms with Crippen molar-refractivity contribution in [3.05, 3.63) is 41.8 Å². The SMILES string of the molecule is C=N[C@@H](C)c1ccc(-c2c(F)cnn2C)cc1. The summed E-state index contributed by atoms with van der Waals surface area (Å²) in [6.45, 7) is 5.48. The van der Waals surface area contributed by atoms with Crippen molar-refractivity contribution in [2.24, 2.45) is 12.0 Å². The molecule has 2 aromatic rings. The largest absolute Gasteiger partial charge is 0.293 e. The Kier molecular flexibility index (Phi) is 3.04. The second-order valence-corrected chi connectivity index (χ2v) is 3.95. The number of halogens is 1. The van der Waals surface area contributed by atoms with E-state index >= 15 is 0 Å². The molecule has 17 heavy (non-hydrogen) atoms. The summed E-state index contributed by atoms with van der Waals surface area (Å²) in [6.07, 6.45) is 1.22. The monoisotopic (exact) mass is 231 g/mol. The topological polar surface area (TPSA) is 30.2 Å². The van der Waals surface area contributed by atoms with Crippen LogP contribution in [0.1, 0.15) is 18.5 Å². The average molecular weight is 231 g/mol. The fourth-order valence-corrected chi connectivity index (χ4v) is 1.76. The standard InChI is InChI=1S/C13H14FN3/c1-9(15-2)10-4-6-11(7-5-10)13-12(14)8-16-17(13)3/h4-9H,2H2,1,3H3/t9-/m0/s1. The van der Waals surface area contributed by atoms with E-state index in [0.717, 1.165) is 11.1 Å². The van der Waals surface area contributed by atoms with Crippen molar-refractivity contribution in [3.63, 3.8) is 0 Å². The van der Waals surface area contributed by atoms with Crippen LogP contribution in [-0.2, 0) is 7.05 Å². The van der Waals surface area contributed by atoms with Gasteiger partial charge in [-0.25, -0.2) is 4.39 Å². The third-order valence-electron chi connectivity index (χ3n) is 2.83. The first kappa shape index (κ1) is 11.5. The first-order valence-corrected chi connectivity index (χ1v) is 5.37. The normalized spacial score (nSPS) is 12.4. The second-order valence-electron chi connectivity index (χ2n) is 3.95. The van der Waals surface area contributed by atoms with Gasteiger partial charge in [0, 0.05) is 12.6 Å². The quantitative estimate of drug-likeness (QED) is 0.747. The molecular formula is C13H14FN3. The summed E-state index contributed by atoms with van der Waals surface area (Å²) in [5.41, 5.74) is 2.37. The third-order valence-corrected chi connectivity index (χ3v) is 2.83. The lowest BCUT2D eigenvalue weighted by molar-refractivity contribution is 0.629. The zero-order chi connectivity index (χ0) is 12.4. The minimum atomic E-state index is -0.310. The Balaban J connectivity index is 2.39. The van der Waals surface area contributed by atoms with Crippen molar-refractivity contribution < 1.29 is 4.39 Å². The molecule has 0 amide bonds. The van der Waals surface area contributed by atoms with Gasteiger partial charge in [-0.2, -0.15) is 5.10 Å². The molecule has 0 aliphatic rings. The van der Waals surface area contributed by atoms with Crippen LogP contribution in [-0.4, -0.2) is 16.5 Å². The van der Waals surface area contributed by atoms with Gasteiger partial charge >= 0.3 is 0 Å². The molecule has 1 aromatic heterocycles. The van der Waals surface area contributed by atoms with Crippen LogP contribution < -0.4 is 0 Å². The van der Waals surface area contributed by atoms with Gasteiger partial charge in [-0.05, 0) is 19.2 Å². The first-order valence-electron chi connectivity index (χ1n) is 5.37. The summed E-state index contributed by atoms with van der Waals surface area (Å²) >= 11 is 0. The van der Waals surface area contributed by atoms with E-state index in [4.69, 9.17) is 0 Å². The van der Waals surface area contributed by atoms with Gasteiger partial charge in [-0.3, -0.25) is 9.67 Å². The Morgan fingerprint density at radius 3 is 2.47 bits per heavy atom. The van der Waals surface area contributed by atoms with E-state index in [0.29, 0.717) is 5.69 Å². The Hall–Kier alpha value is -1.97.